The fourth-order valence-corrected chi connectivity index (χ4v) is 2.81. The van der Waals surface area contributed by atoms with Crippen LogP contribution in [0.4, 0.5) is 11.4 Å². The molecule has 0 saturated carbocycles. The van der Waals surface area contributed by atoms with Gasteiger partial charge in [0.05, 0.1) is 5.92 Å². The molecule has 2 amide bonds. The number of rotatable bonds is 5. The summed E-state index contributed by atoms with van der Waals surface area (Å²) in [4.78, 5) is 37.8. The highest BCUT2D eigenvalue weighted by molar-refractivity contribution is 6.00. The van der Waals surface area contributed by atoms with Crippen LogP contribution < -0.4 is 10.2 Å². The first kappa shape index (κ1) is 17.7. The highest BCUT2D eigenvalue weighted by Crippen LogP contribution is 2.26. The van der Waals surface area contributed by atoms with Crippen LogP contribution >= 0.6 is 0 Å². The smallest absolute Gasteiger partial charge is 0.311 e. The second-order valence-electron chi connectivity index (χ2n) is 6.26. The second kappa shape index (κ2) is 7.82. The van der Waals surface area contributed by atoms with Crippen LogP contribution in [0, 0.1) is 12.8 Å². The molecule has 3 rings (SSSR count). The van der Waals surface area contributed by atoms with Gasteiger partial charge in [-0.05, 0) is 31.2 Å². The molecule has 0 aliphatic carbocycles. The number of aryl methyl sites for hydroxylation is 1. The summed E-state index contributed by atoms with van der Waals surface area (Å²) in [5.74, 6) is -1.63. The van der Waals surface area contributed by atoms with E-state index in [0.29, 0.717) is 5.69 Å². The summed E-state index contributed by atoms with van der Waals surface area (Å²) < 4.78 is 5.08. The van der Waals surface area contributed by atoms with Gasteiger partial charge >= 0.3 is 5.97 Å². The Morgan fingerprint density at radius 2 is 1.81 bits per heavy atom. The maximum Gasteiger partial charge on any atom is 0.311 e. The summed E-state index contributed by atoms with van der Waals surface area (Å²) >= 11 is 0. The Morgan fingerprint density at radius 1 is 1.12 bits per heavy atom. The van der Waals surface area contributed by atoms with E-state index in [-0.39, 0.29) is 25.5 Å². The van der Waals surface area contributed by atoms with Crippen molar-refractivity contribution in [3.8, 4) is 0 Å². The number of nitrogens with one attached hydrogen (secondary N) is 1. The molecule has 1 N–H and O–H groups in total. The Kier molecular flexibility index (Phi) is 5.31. The third-order valence-electron chi connectivity index (χ3n) is 4.21. The van der Waals surface area contributed by atoms with Gasteiger partial charge in [-0.15, -0.1) is 0 Å². The van der Waals surface area contributed by atoms with Crippen molar-refractivity contribution in [3.05, 3.63) is 60.2 Å². The van der Waals surface area contributed by atoms with E-state index in [1.54, 1.807) is 29.2 Å². The SMILES string of the molecule is Cc1ccc(N2C[C@@H](C(=O)OCC(=O)Nc3ccccc3)CC2=O)cc1. The summed E-state index contributed by atoms with van der Waals surface area (Å²) in [7, 11) is 0. The van der Waals surface area contributed by atoms with E-state index in [2.05, 4.69) is 5.32 Å². The average molecular weight is 352 g/mol. The van der Waals surface area contributed by atoms with Gasteiger partial charge in [-0.2, -0.15) is 0 Å². The maximum absolute atomic E-state index is 12.2. The summed E-state index contributed by atoms with van der Waals surface area (Å²) in [5.41, 5.74) is 2.49. The van der Waals surface area contributed by atoms with Crippen molar-refractivity contribution in [1.82, 2.24) is 0 Å². The number of hydrogen-bond acceptors (Lipinski definition) is 4. The maximum atomic E-state index is 12.2. The fraction of sp³-hybridized carbons (Fsp3) is 0.250. The first-order valence-electron chi connectivity index (χ1n) is 8.41. The van der Waals surface area contributed by atoms with Crippen molar-refractivity contribution < 1.29 is 19.1 Å². The van der Waals surface area contributed by atoms with Crippen molar-refractivity contribution in [2.75, 3.05) is 23.4 Å². The molecule has 0 spiro atoms. The molecule has 1 saturated heterocycles. The topological polar surface area (TPSA) is 75.7 Å². The van der Waals surface area contributed by atoms with E-state index < -0.39 is 17.8 Å². The van der Waals surface area contributed by atoms with E-state index in [1.165, 1.54) is 0 Å². The van der Waals surface area contributed by atoms with Gasteiger partial charge in [-0.1, -0.05) is 35.9 Å². The quantitative estimate of drug-likeness (QED) is 0.839. The largest absolute Gasteiger partial charge is 0.455 e. The molecule has 1 atom stereocenters. The summed E-state index contributed by atoms with van der Waals surface area (Å²) in [6, 6.07) is 16.5. The number of carbonyl (C=O) groups excluding carboxylic acids is 3. The lowest BCUT2D eigenvalue weighted by molar-refractivity contribution is -0.151. The van der Waals surface area contributed by atoms with Gasteiger partial charge in [0.2, 0.25) is 5.91 Å². The first-order valence-corrected chi connectivity index (χ1v) is 8.41. The predicted octanol–water partition coefficient (Wildman–Crippen LogP) is 2.53. The molecule has 0 aromatic heterocycles. The number of ether oxygens (including phenoxy) is 1. The lowest BCUT2D eigenvalue weighted by Gasteiger charge is -2.16. The molecule has 2 aromatic rings. The summed E-state index contributed by atoms with van der Waals surface area (Å²) in [5, 5.41) is 2.64. The van der Waals surface area contributed by atoms with Crippen molar-refractivity contribution in [2.24, 2.45) is 5.92 Å². The number of carbonyl (C=O) groups is 3. The van der Waals surface area contributed by atoms with Crippen LogP contribution in [0.1, 0.15) is 12.0 Å². The van der Waals surface area contributed by atoms with E-state index in [4.69, 9.17) is 4.74 Å². The molecule has 1 aliphatic heterocycles. The zero-order chi connectivity index (χ0) is 18.5. The van der Waals surface area contributed by atoms with Gasteiger partial charge in [-0.25, -0.2) is 0 Å². The zero-order valence-electron chi connectivity index (χ0n) is 14.5. The normalized spacial score (nSPS) is 16.4. The van der Waals surface area contributed by atoms with Crippen LogP contribution in [-0.2, 0) is 19.1 Å². The van der Waals surface area contributed by atoms with Crippen LogP contribution in [-0.4, -0.2) is 30.9 Å². The molecule has 1 heterocycles. The Labute approximate surface area is 151 Å². The minimum atomic E-state index is -0.562. The molecule has 26 heavy (non-hydrogen) atoms. The van der Waals surface area contributed by atoms with Gasteiger partial charge in [0.25, 0.3) is 5.91 Å². The van der Waals surface area contributed by atoms with E-state index in [9.17, 15) is 14.4 Å². The second-order valence-corrected chi connectivity index (χ2v) is 6.26. The number of hydrogen-bond donors (Lipinski definition) is 1. The van der Waals surface area contributed by atoms with Gasteiger partial charge in [-0.3, -0.25) is 14.4 Å². The molecule has 6 heteroatoms. The number of amides is 2. The Balaban J connectivity index is 1.51. The van der Waals surface area contributed by atoms with Crippen molar-refractivity contribution in [3.63, 3.8) is 0 Å². The van der Waals surface area contributed by atoms with Crippen LogP contribution in [0.15, 0.2) is 54.6 Å². The summed E-state index contributed by atoms with van der Waals surface area (Å²) in [6.07, 6.45) is 0.0903. The molecule has 1 fully saturated rings. The third kappa shape index (κ3) is 4.27. The Hall–Kier alpha value is -3.15. The molecule has 134 valence electrons. The number of esters is 1. The van der Waals surface area contributed by atoms with Crippen LogP contribution in [0.25, 0.3) is 0 Å². The molecule has 0 unspecified atom stereocenters. The van der Waals surface area contributed by atoms with Crippen molar-refractivity contribution in [1.29, 1.82) is 0 Å². The van der Waals surface area contributed by atoms with Gasteiger partial charge in [0.15, 0.2) is 6.61 Å². The number of para-hydroxylation sites is 1. The van der Waals surface area contributed by atoms with Gasteiger partial charge in [0, 0.05) is 24.3 Å². The Bertz CT molecular complexity index is 802. The molecule has 0 bridgehead atoms. The standard InChI is InChI=1S/C20H20N2O4/c1-14-7-9-17(10-8-14)22-12-15(11-19(22)24)20(25)26-13-18(23)21-16-5-3-2-4-6-16/h2-10,15H,11-13H2,1H3,(H,21,23)/t15-/m0/s1. The third-order valence-corrected chi connectivity index (χ3v) is 4.21. The molecular weight excluding hydrogens is 332 g/mol. The Morgan fingerprint density at radius 3 is 2.50 bits per heavy atom. The molecule has 2 aromatic carbocycles. The number of benzene rings is 2. The lowest BCUT2D eigenvalue weighted by atomic mass is 10.1. The van der Waals surface area contributed by atoms with Crippen molar-refractivity contribution in [2.45, 2.75) is 13.3 Å². The minimum absolute atomic E-state index is 0.0903. The van der Waals surface area contributed by atoms with Gasteiger partial charge < -0.3 is 15.0 Å². The van der Waals surface area contributed by atoms with Crippen LogP contribution in [0.2, 0.25) is 0 Å². The number of nitrogens with zero attached hydrogens (tertiary/aromatic N) is 1. The van der Waals surface area contributed by atoms with Gasteiger partial charge in [0.1, 0.15) is 0 Å². The van der Waals surface area contributed by atoms with Crippen LogP contribution in [0.3, 0.4) is 0 Å². The van der Waals surface area contributed by atoms with E-state index in [1.807, 2.05) is 37.3 Å². The van der Waals surface area contributed by atoms with Crippen molar-refractivity contribution >= 4 is 29.2 Å². The average Bonchev–Trinajstić information content (AvgIpc) is 3.03. The minimum Gasteiger partial charge on any atom is -0.455 e. The lowest BCUT2D eigenvalue weighted by Crippen LogP contribution is -2.28. The molecule has 0 radical (unpaired) electrons. The summed E-state index contributed by atoms with van der Waals surface area (Å²) in [6.45, 7) is 1.86. The number of anilines is 2. The zero-order valence-corrected chi connectivity index (χ0v) is 14.5. The highest BCUT2D eigenvalue weighted by atomic mass is 16.5. The van der Waals surface area contributed by atoms with E-state index in [0.717, 1.165) is 11.3 Å². The highest BCUT2D eigenvalue weighted by Gasteiger charge is 2.36. The van der Waals surface area contributed by atoms with E-state index >= 15 is 0 Å². The molecular formula is C20H20N2O4. The van der Waals surface area contributed by atoms with Crippen LogP contribution in [0.5, 0.6) is 0 Å². The fourth-order valence-electron chi connectivity index (χ4n) is 2.81. The molecule has 6 nitrogen and oxygen atoms in total. The molecule has 1 aliphatic rings. The first-order chi connectivity index (χ1) is 12.5. The monoisotopic (exact) mass is 352 g/mol. The predicted molar refractivity (Wildman–Crippen MR) is 97.7 cm³/mol.